The van der Waals surface area contributed by atoms with E-state index < -0.39 is 6.04 Å². The van der Waals surface area contributed by atoms with Crippen molar-refractivity contribution >= 4 is 34.2 Å². The fourth-order valence-electron chi connectivity index (χ4n) is 4.09. The lowest BCUT2D eigenvalue weighted by molar-refractivity contribution is 0.0827. The summed E-state index contributed by atoms with van der Waals surface area (Å²) in [5.41, 5.74) is 4.99. The molecule has 1 heterocycles. The Kier molecular flexibility index (Phi) is 7.15. The van der Waals surface area contributed by atoms with Crippen LogP contribution in [-0.2, 0) is 6.42 Å². The number of hydrogen-bond donors (Lipinski definition) is 2. The van der Waals surface area contributed by atoms with Gasteiger partial charge in [-0.2, -0.15) is 0 Å². The molecule has 0 bridgehead atoms. The molecule has 6 heteroatoms. The highest BCUT2D eigenvalue weighted by atomic mass is 35.5. The second kappa shape index (κ2) is 10.2. The summed E-state index contributed by atoms with van der Waals surface area (Å²) in [5, 5.41) is 4.98. The first-order chi connectivity index (χ1) is 16.3. The van der Waals surface area contributed by atoms with E-state index in [1.165, 1.54) is 4.90 Å². The van der Waals surface area contributed by atoms with Gasteiger partial charge in [-0.1, -0.05) is 60.1 Å². The third-order valence-corrected chi connectivity index (χ3v) is 6.30. The van der Waals surface area contributed by atoms with E-state index in [9.17, 15) is 9.59 Å². The van der Waals surface area contributed by atoms with Crippen LogP contribution in [0.5, 0.6) is 0 Å². The van der Waals surface area contributed by atoms with Crippen molar-refractivity contribution < 1.29 is 9.59 Å². The fourth-order valence-corrected chi connectivity index (χ4v) is 4.42. The zero-order chi connectivity index (χ0) is 24.2. The molecule has 4 rings (SSSR count). The van der Waals surface area contributed by atoms with Gasteiger partial charge in [-0.05, 0) is 48.2 Å². The fraction of sp³-hybridized carbons (Fsp3) is 0.214. The number of fused-ring (bicyclic) bond motifs is 1. The summed E-state index contributed by atoms with van der Waals surface area (Å²) in [7, 11) is 3.44. The maximum Gasteiger partial charge on any atom is 0.253 e. The van der Waals surface area contributed by atoms with E-state index in [1.54, 1.807) is 32.4 Å². The van der Waals surface area contributed by atoms with Gasteiger partial charge in [0.15, 0.2) is 5.78 Å². The quantitative estimate of drug-likeness (QED) is 0.328. The number of benzene rings is 3. The number of nitrogens with one attached hydrogen (secondary N) is 2. The molecule has 1 atom stereocenters. The van der Waals surface area contributed by atoms with Crippen LogP contribution in [0.25, 0.3) is 10.9 Å². The van der Waals surface area contributed by atoms with Gasteiger partial charge < -0.3 is 15.2 Å². The molecule has 0 saturated carbocycles. The lowest BCUT2D eigenvalue weighted by Gasteiger charge is -2.18. The molecule has 0 spiro atoms. The smallest absolute Gasteiger partial charge is 0.253 e. The molecule has 0 saturated heterocycles. The normalized spacial score (nSPS) is 12.0. The average molecular weight is 474 g/mol. The van der Waals surface area contributed by atoms with Gasteiger partial charge in [-0.15, -0.1) is 0 Å². The number of halogens is 1. The average Bonchev–Trinajstić information content (AvgIpc) is 3.26. The summed E-state index contributed by atoms with van der Waals surface area (Å²) in [4.78, 5) is 30.7. The van der Waals surface area contributed by atoms with Gasteiger partial charge in [-0.25, -0.2) is 0 Å². The van der Waals surface area contributed by atoms with E-state index in [0.29, 0.717) is 24.1 Å². The van der Waals surface area contributed by atoms with E-state index in [1.807, 2.05) is 61.5 Å². The number of rotatable bonds is 8. The number of aromatic nitrogens is 1. The number of carbonyl (C=O) groups excluding carboxylic acids is 2. The second-order valence-electron chi connectivity index (χ2n) is 8.67. The van der Waals surface area contributed by atoms with Gasteiger partial charge in [-0.3, -0.25) is 9.59 Å². The number of hydrogen-bond acceptors (Lipinski definition) is 3. The van der Waals surface area contributed by atoms with Crippen LogP contribution in [0, 0.1) is 6.92 Å². The predicted molar refractivity (Wildman–Crippen MR) is 138 cm³/mol. The van der Waals surface area contributed by atoms with Crippen molar-refractivity contribution in [2.24, 2.45) is 0 Å². The first-order valence-corrected chi connectivity index (χ1v) is 11.6. The Labute approximate surface area is 204 Å². The summed E-state index contributed by atoms with van der Waals surface area (Å²) >= 11 is 6.40. The topological polar surface area (TPSA) is 65.2 Å². The third kappa shape index (κ3) is 5.06. The van der Waals surface area contributed by atoms with Crippen molar-refractivity contribution in [2.75, 3.05) is 20.6 Å². The third-order valence-electron chi connectivity index (χ3n) is 5.95. The molecule has 3 aromatic carbocycles. The molecule has 4 aromatic rings. The summed E-state index contributed by atoms with van der Waals surface area (Å²) in [6, 6.07) is 20.6. The molecule has 0 aliphatic carbocycles. The van der Waals surface area contributed by atoms with Crippen molar-refractivity contribution in [2.45, 2.75) is 19.4 Å². The van der Waals surface area contributed by atoms with E-state index in [2.05, 4.69) is 10.3 Å². The van der Waals surface area contributed by atoms with Gasteiger partial charge in [0.05, 0.1) is 6.04 Å². The Morgan fingerprint density at radius 2 is 1.79 bits per heavy atom. The van der Waals surface area contributed by atoms with Crippen LogP contribution < -0.4 is 5.32 Å². The van der Waals surface area contributed by atoms with Gasteiger partial charge in [0, 0.05) is 53.9 Å². The zero-order valence-corrected chi connectivity index (χ0v) is 20.3. The maximum absolute atomic E-state index is 13.7. The molecular weight excluding hydrogens is 446 g/mol. The Morgan fingerprint density at radius 3 is 2.50 bits per heavy atom. The summed E-state index contributed by atoms with van der Waals surface area (Å²) < 4.78 is 0. The first-order valence-electron chi connectivity index (χ1n) is 11.3. The number of ketones is 1. The van der Waals surface area contributed by atoms with Crippen molar-refractivity contribution in [3.8, 4) is 0 Å². The Bertz CT molecular complexity index is 1330. The number of aromatic amines is 1. The van der Waals surface area contributed by atoms with Gasteiger partial charge in [0.1, 0.15) is 0 Å². The highest BCUT2D eigenvalue weighted by Crippen LogP contribution is 2.26. The minimum atomic E-state index is -0.507. The molecule has 0 fully saturated rings. The van der Waals surface area contributed by atoms with Gasteiger partial charge in [0.25, 0.3) is 5.91 Å². The molecular formula is C28H28ClN3O2. The summed E-state index contributed by atoms with van der Waals surface area (Å²) in [6.45, 7) is 2.61. The molecule has 5 nitrogen and oxygen atoms in total. The van der Waals surface area contributed by atoms with Crippen LogP contribution in [0.3, 0.4) is 0 Å². The van der Waals surface area contributed by atoms with Crippen LogP contribution in [0.2, 0.25) is 5.02 Å². The predicted octanol–water partition coefficient (Wildman–Crippen LogP) is 5.59. The van der Waals surface area contributed by atoms with Crippen LogP contribution >= 0.6 is 11.6 Å². The number of Topliss-reactive ketones (excluding diaryl/α,β-unsaturated/α-hetero) is 1. The molecule has 0 unspecified atom stereocenters. The Hall–Kier alpha value is -3.41. The van der Waals surface area contributed by atoms with Crippen molar-refractivity contribution in [3.63, 3.8) is 0 Å². The van der Waals surface area contributed by atoms with Gasteiger partial charge in [0.2, 0.25) is 0 Å². The minimum absolute atomic E-state index is 0.0286. The highest BCUT2D eigenvalue weighted by molar-refractivity contribution is 6.31. The van der Waals surface area contributed by atoms with Gasteiger partial charge >= 0.3 is 0 Å². The summed E-state index contributed by atoms with van der Waals surface area (Å²) in [6.07, 6.45) is 2.44. The molecule has 0 radical (unpaired) electrons. The number of amides is 1. The van der Waals surface area contributed by atoms with Crippen molar-refractivity contribution in [1.29, 1.82) is 0 Å². The van der Waals surface area contributed by atoms with Crippen LogP contribution in [0.4, 0.5) is 0 Å². The molecule has 0 aliphatic heterocycles. The van der Waals surface area contributed by atoms with Crippen LogP contribution in [0.15, 0.2) is 72.9 Å². The Morgan fingerprint density at radius 1 is 1.03 bits per heavy atom. The highest BCUT2D eigenvalue weighted by Gasteiger charge is 2.24. The maximum atomic E-state index is 13.7. The second-order valence-corrected chi connectivity index (χ2v) is 9.08. The lowest BCUT2D eigenvalue weighted by atomic mass is 9.96. The molecule has 0 aliphatic rings. The molecule has 34 heavy (non-hydrogen) atoms. The molecule has 174 valence electrons. The minimum Gasteiger partial charge on any atom is -0.360 e. The number of aryl methyl sites for hydroxylation is 1. The van der Waals surface area contributed by atoms with Crippen molar-refractivity contribution in [1.82, 2.24) is 15.2 Å². The summed E-state index contributed by atoms with van der Waals surface area (Å²) in [5.74, 6) is -0.109. The van der Waals surface area contributed by atoms with Crippen molar-refractivity contribution in [3.05, 3.63) is 106 Å². The number of H-pyrrole nitrogens is 1. The van der Waals surface area contributed by atoms with E-state index in [4.69, 9.17) is 11.6 Å². The monoisotopic (exact) mass is 473 g/mol. The zero-order valence-electron chi connectivity index (χ0n) is 19.6. The van der Waals surface area contributed by atoms with Crippen LogP contribution in [0.1, 0.15) is 43.4 Å². The molecule has 1 amide bonds. The first kappa shape index (κ1) is 23.7. The molecule has 1 aromatic heterocycles. The number of carbonyl (C=O) groups is 2. The Balaban J connectivity index is 1.59. The SMILES string of the molecule is Cc1ccc(CCN[C@@H](C(=O)c2c[nH]c3cc(C(=O)N(C)C)ccc23)c2ccccc2)c(Cl)c1. The standard InChI is InChI=1S/C28H28ClN3O2/c1-18-9-10-19(24(29)15-18)13-14-30-26(20-7-5-4-6-8-20)27(33)23-17-31-25-16-21(11-12-22(23)25)28(34)32(2)3/h4-12,15-17,26,30-31H,13-14H2,1-3H3/t26-/m1/s1. The molecule has 2 N–H and O–H groups in total. The number of nitrogens with zero attached hydrogens (tertiary/aromatic N) is 1. The lowest BCUT2D eigenvalue weighted by Crippen LogP contribution is -2.30. The van der Waals surface area contributed by atoms with E-state index in [-0.39, 0.29) is 11.7 Å². The largest absolute Gasteiger partial charge is 0.360 e. The van der Waals surface area contributed by atoms with E-state index in [0.717, 1.165) is 32.6 Å². The van der Waals surface area contributed by atoms with E-state index >= 15 is 0 Å². The van der Waals surface area contributed by atoms with Crippen LogP contribution in [-0.4, -0.2) is 42.2 Å².